The van der Waals surface area contributed by atoms with E-state index in [1.54, 1.807) is 6.07 Å². The predicted molar refractivity (Wildman–Crippen MR) is 120 cm³/mol. The Hall–Kier alpha value is -2.44. The van der Waals surface area contributed by atoms with Crippen molar-refractivity contribution < 1.29 is 18.7 Å². The third-order valence-electron chi connectivity index (χ3n) is 5.65. The number of hydrogen-bond acceptors (Lipinski definition) is 4. The molecule has 1 aliphatic rings. The quantitative estimate of drug-likeness (QED) is 0.551. The summed E-state index contributed by atoms with van der Waals surface area (Å²) in [5.74, 6) is 0.0419. The summed E-state index contributed by atoms with van der Waals surface area (Å²) in [6, 6.07) is 15.6. The van der Waals surface area contributed by atoms with Crippen LogP contribution in [0.1, 0.15) is 36.8 Å². The molecular formula is C25H33FN2O3. The summed E-state index contributed by atoms with van der Waals surface area (Å²) in [6.07, 6.45) is 3.96. The van der Waals surface area contributed by atoms with Crippen LogP contribution in [-0.2, 0) is 22.5 Å². The highest BCUT2D eigenvalue weighted by Gasteiger charge is 2.21. The molecule has 0 aromatic heterocycles. The number of carbonyl (C=O) groups excluding carboxylic acids is 1. The van der Waals surface area contributed by atoms with Crippen LogP contribution in [0.15, 0.2) is 48.5 Å². The number of piperidine rings is 1. The van der Waals surface area contributed by atoms with E-state index < -0.39 is 0 Å². The average Bonchev–Trinajstić information content (AvgIpc) is 2.78. The number of hydrogen-bond donors (Lipinski definition) is 1. The first-order chi connectivity index (χ1) is 15.1. The topological polar surface area (TPSA) is 50.8 Å². The van der Waals surface area contributed by atoms with Crippen LogP contribution in [0.25, 0.3) is 0 Å². The smallest absolute Gasteiger partial charge is 0.220 e. The van der Waals surface area contributed by atoms with Crippen molar-refractivity contribution in [2.75, 3.05) is 33.4 Å². The zero-order valence-electron chi connectivity index (χ0n) is 18.3. The predicted octanol–water partition coefficient (Wildman–Crippen LogP) is 3.95. The Labute approximate surface area is 184 Å². The van der Waals surface area contributed by atoms with Gasteiger partial charge in [-0.3, -0.25) is 9.69 Å². The molecule has 31 heavy (non-hydrogen) atoms. The summed E-state index contributed by atoms with van der Waals surface area (Å²) in [6.45, 7) is 3.78. The summed E-state index contributed by atoms with van der Waals surface area (Å²) >= 11 is 0. The molecule has 0 unspecified atom stereocenters. The highest BCUT2D eigenvalue weighted by Crippen LogP contribution is 2.20. The maximum Gasteiger partial charge on any atom is 0.220 e. The molecule has 168 valence electrons. The normalized spacial score (nSPS) is 15.0. The molecule has 0 saturated carbocycles. The lowest BCUT2D eigenvalue weighted by molar-refractivity contribution is -0.122. The molecule has 5 nitrogen and oxygen atoms in total. The van der Waals surface area contributed by atoms with Crippen molar-refractivity contribution in [3.63, 3.8) is 0 Å². The molecule has 2 aromatic rings. The van der Waals surface area contributed by atoms with Gasteiger partial charge in [-0.25, -0.2) is 4.39 Å². The van der Waals surface area contributed by atoms with Crippen molar-refractivity contribution in [1.82, 2.24) is 10.2 Å². The molecule has 1 saturated heterocycles. The summed E-state index contributed by atoms with van der Waals surface area (Å²) in [4.78, 5) is 14.5. The van der Waals surface area contributed by atoms with Crippen molar-refractivity contribution in [2.45, 2.75) is 44.7 Å². The molecule has 6 heteroatoms. The molecule has 1 fully saturated rings. The van der Waals surface area contributed by atoms with Crippen molar-refractivity contribution in [3.8, 4) is 5.75 Å². The van der Waals surface area contributed by atoms with Crippen LogP contribution in [0, 0.1) is 5.82 Å². The first-order valence-corrected chi connectivity index (χ1v) is 11.1. The summed E-state index contributed by atoms with van der Waals surface area (Å²) in [5, 5.41) is 3.15. The average molecular weight is 429 g/mol. The number of methoxy groups -OCH3 is 1. The van der Waals surface area contributed by atoms with E-state index in [4.69, 9.17) is 9.47 Å². The number of halogens is 1. The number of nitrogens with one attached hydrogen (secondary N) is 1. The fraction of sp³-hybridized carbons (Fsp3) is 0.480. The summed E-state index contributed by atoms with van der Waals surface area (Å²) in [5.41, 5.74) is 2.21. The Morgan fingerprint density at radius 2 is 1.87 bits per heavy atom. The van der Waals surface area contributed by atoms with Gasteiger partial charge in [0.15, 0.2) is 11.6 Å². The van der Waals surface area contributed by atoms with Gasteiger partial charge in [0, 0.05) is 38.7 Å². The molecule has 3 rings (SSSR count). The lowest BCUT2D eigenvalue weighted by Crippen LogP contribution is -2.44. The fourth-order valence-electron chi connectivity index (χ4n) is 3.87. The second kappa shape index (κ2) is 12.4. The first kappa shape index (κ1) is 23.2. The van der Waals surface area contributed by atoms with E-state index in [9.17, 15) is 9.18 Å². The van der Waals surface area contributed by atoms with E-state index in [-0.39, 0.29) is 23.5 Å². The van der Waals surface area contributed by atoms with Gasteiger partial charge in [-0.1, -0.05) is 36.4 Å². The number of ether oxygens (including phenoxy) is 2. The van der Waals surface area contributed by atoms with Crippen LogP contribution in [0.5, 0.6) is 5.75 Å². The van der Waals surface area contributed by atoms with Crippen LogP contribution in [0.3, 0.4) is 0 Å². The Bertz CT molecular complexity index is 808. The summed E-state index contributed by atoms with van der Waals surface area (Å²) < 4.78 is 24.5. The standard InChI is InChI=1S/C25H33FN2O3/c1-30-24-10-9-21(18-23(24)26)19-28-14-11-22(12-15-28)27-25(29)8-5-16-31-17-13-20-6-3-2-4-7-20/h2-4,6-7,9-10,18,22H,5,8,11-17,19H2,1H3,(H,27,29). The molecule has 0 atom stereocenters. The fourth-order valence-corrected chi connectivity index (χ4v) is 3.87. The molecule has 1 N–H and O–H groups in total. The molecule has 1 heterocycles. The monoisotopic (exact) mass is 428 g/mol. The Morgan fingerprint density at radius 3 is 2.58 bits per heavy atom. The van der Waals surface area contributed by atoms with Gasteiger partial charge in [-0.15, -0.1) is 0 Å². The van der Waals surface area contributed by atoms with Crippen LogP contribution < -0.4 is 10.1 Å². The minimum absolute atomic E-state index is 0.0994. The van der Waals surface area contributed by atoms with Crippen LogP contribution in [0.2, 0.25) is 0 Å². The zero-order valence-corrected chi connectivity index (χ0v) is 18.3. The Kier molecular flexibility index (Phi) is 9.31. The van der Waals surface area contributed by atoms with E-state index in [1.807, 2.05) is 24.3 Å². The number of benzene rings is 2. The number of amides is 1. The highest BCUT2D eigenvalue weighted by molar-refractivity contribution is 5.76. The summed E-state index contributed by atoms with van der Waals surface area (Å²) in [7, 11) is 1.47. The van der Waals surface area contributed by atoms with E-state index in [0.717, 1.165) is 44.3 Å². The van der Waals surface area contributed by atoms with Crippen molar-refractivity contribution in [3.05, 3.63) is 65.5 Å². The van der Waals surface area contributed by atoms with Gasteiger partial charge in [0.05, 0.1) is 13.7 Å². The van der Waals surface area contributed by atoms with Gasteiger partial charge < -0.3 is 14.8 Å². The largest absolute Gasteiger partial charge is 0.494 e. The number of rotatable bonds is 11. The molecule has 0 radical (unpaired) electrons. The van der Waals surface area contributed by atoms with Crippen molar-refractivity contribution >= 4 is 5.91 Å². The van der Waals surface area contributed by atoms with E-state index >= 15 is 0 Å². The van der Waals surface area contributed by atoms with Gasteiger partial charge in [0.1, 0.15) is 0 Å². The minimum Gasteiger partial charge on any atom is -0.494 e. The third-order valence-corrected chi connectivity index (χ3v) is 5.65. The Balaban J connectivity index is 1.25. The zero-order chi connectivity index (χ0) is 21.9. The van der Waals surface area contributed by atoms with Crippen molar-refractivity contribution in [2.24, 2.45) is 0 Å². The maximum absolute atomic E-state index is 13.9. The van der Waals surface area contributed by atoms with Gasteiger partial charge in [0.2, 0.25) is 5.91 Å². The lowest BCUT2D eigenvalue weighted by Gasteiger charge is -2.32. The minimum atomic E-state index is -0.328. The molecule has 1 aliphatic heterocycles. The van der Waals surface area contributed by atoms with Gasteiger partial charge in [0.25, 0.3) is 0 Å². The first-order valence-electron chi connectivity index (χ1n) is 11.1. The maximum atomic E-state index is 13.9. The molecular weight excluding hydrogens is 395 g/mol. The third kappa shape index (κ3) is 7.96. The highest BCUT2D eigenvalue weighted by atomic mass is 19.1. The van der Waals surface area contributed by atoms with Gasteiger partial charge in [-0.05, 0) is 48.9 Å². The number of nitrogens with zero attached hydrogens (tertiary/aromatic N) is 1. The van der Waals surface area contributed by atoms with Crippen LogP contribution in [-0.4, -0.2) is 50.3 Å². The van der Waals surface area contributed by atoms with Gasteiger partial charge in [-0.2, -0.15) is 0 Å². The van der Waals surface area contributed by atoms with Crippen LogP contribution in [0.4, 0.5) is 4.39 Å². The van der Waals surface area contributed by atoms with Crippen LogP contribution >= 0.6 is 0 Å². The SMILES string of the molecule is COc1ccc(CN2CCC(NC(=O)CCCOCCc3ccccc3)CC2)cc1F. The van der Waals surface area contributed by atoms with Gasteiger partial charge >= 0.3 is 0 Å². The molecule has 0 spiro atoms. The second-order valence-corrected chi connectivity index (χ2v) is 8.04. The lowest BCUT2D eigenvalue weighted by atomic mass is 10.0. The number of likely N-dealkylation sites (tertiary alicyclic amines) is 1. The molecule has 2 aromatic carbocycles. The molecule has 1 amide bonds. The van der Waals surface area contributed by atoms with E-state index in [0.29, 0.717) is 26.2 Å². The second-order valence-electron chi connectivity index (χ2n) is 8.04. The van der Waals surface area contributed by atoms with Crippen molar-refractivity contribution in [1.29, 1.82) is 0 Å². The molecule has 0 bridgehead atoms. The molecule has 0 aliphatic carbocycles. The number of carbonyl (C=O) groups is 1. The van der Waals surface area contributed by atoms with E-state index in [2.05, 4.69) is 22.3 Å². The Morgan fingerprint density at radius 1 is 1.10 bits per heavy atom. The van der Waals surface area contributed by atoms with E-state index in [1.165, 1.54) is 18.7 Å².